The molecule has 1 saturated heterocycles. The van der Waals surface area contributed by atoms with Gasteiger partial charge in [-0.1, -0.05) is 0 Å². The molecule has 24 heavy (non-hydrogen) atoms. The van der Waals surface area contributed by atoms with Crippen molar-refractivity contribution in [1.82, 2.24) is 10.6 Å². The molecule has 2 rings (SSSR count). The van der Waals surface area contributed by atoms with Crippen LogP contribution in [0.1, 0.15) is 31.4 Å². The number of ether oxygens (including phenoxy) is 3. The van der Waals surface area contributed by atoms with Gasteiger partial charge >= 0.3 is 0 Å². The third-order valence-corrected chi connectivity index (χ3v) is 4.26. The molecule has 1 aromatic rings. The normalized spacial score (nSPS) is 15.8. The molecular formula is C17H27ClN2O4. The van der Waals surface area contributed by atoms with E-state index >= 15 is 0 Å². The number of piperidine rings is 1. The summed E-state index contributed by atoms with van der Waals surface area (Å²) in [6.45, 7) is 3.76. The maximum absolute atomic E-state index is 12.4. The lowest BCUT2D eigenvalue weighted by molar-refractivity contribution is -0.126. The molecule has 1 heterocycles. The van der Waals surface area contributed by atoms with Crippen LogP contribution >= 0.6 is 12.4 Å². The number of amides is 1. The fourth-order valence-electron chi connectivity index (χ4n) is 2.85. The molecule has 2 N–H and O–H groups in total. The van der Waals surface area contributed by atoms with Crippen LogP contribution < -0.4 is 24.8 Å². The summed E-state index contributed by atoms with van der Waals surface area (Å²) in [5.41, 5.74) is 0.918. The molecule has 0 saturated carbocycles. The lowest BCUT2D eigenvalue weighted by Crippen LogP contribution is -2.39. The standard InChI is InChI=1S/C17H26N2O4.ClH/c1-11(19-17(20)12-5-7-18-8-6-12)13-9-14(21-2)16(23-4)15(10-13)22-3;/h9-12,18H,5-8H2,1-4H3,(H,19,20);1H. The van der Waals surface area contributed by atoms with Crippen LogP contribution in [0.4, 0.5) is 0 Å². The molecule has 7 heteroatoms. The molecule has 0 aliphatic carbocycles. The molecular weight excluding hydrogens is 332 g/mol. The highest BCUT2D eigenvalue weighted by Gasteiger charge is 2.23. The Bertz CT molecular complexity index is 522. The van der Waals surface area contributed by atoms with Crippen LogP contribution in [0.25, 0.3) is 0 Å². The monoisotopic (exact) mass is 358 g/mol. The van der Waals surface area contributed by atoms with E-state index in [2.05, 4.69) is 10.6 Å². The predicted molar refractivity (Wildman–Crippen MR) is 95.5 cm³/mol. The SMILES string of the molecule is COc1cc(C(C)NC(=O)C2CCNCC2)cc(OC)c1OC.Cl. The zero-order valence-corrected chi connectivity index (χ0v) is 15.5. The Labute approximate surface area is 149 Å². The highest BCUT2D eigenvalue weighted by molar-refractivity contribution is 5.85. The quantitative estimate of drug-likeness (QED) is 0.816. The zero-order valence-electron chi connectivity index (χ0n) is 14.7. The lowest BCUT2D eigenvalue weighted by atomic mass is 9.96. The van der Waals surface area contributed by atoms with Gasteiger partial charge in [-0.3, -0.25) is 4.79 Å². The Kier molecular flexibility index (Phi) is 8.15. The summed E-state index contributed by atoms with van der Waals surface area (Å²) < 4.78 is 16.1. The van der Waals surface area contributed by atoms with Crippen molar-refractivity contribution in [3.63, 3.8) is 0 Å². The summed E-state index contributed by atoms with van der Waals surface area (Å²) in [7, 11) is 4.74. The molecule has 1 aliphatic heterocycles. The summed E-state index contributed by atoms with van der Waals surface area (Å²) in [4.78, 5) is 12.4. The molecule has 136 valence electrons. The molecule has 0 bridgehead atoms. The summed E-state index contributed by atoms with van der Waals surface area (Å²) in [5, 5.41) is 6.36. The van der Waals surface area contributed by atoms with Crippen molar-refractivity contribution in [3.05, 3.63) is 17.7 Å². The van der Waals surface area contributed by atoms with Crippen molar-refractivity contribution in [3.8, 4) is 17.2 Å². The molecule has 1 amide bonds. The summed E-state index contributed by atoms with van der Waals surface area (Å²) in [6.07, 6.45) is 1.77. The highest BCUT2D eigenvalue weighted by Crippen LogP contribution is 2.39. The van der Waals surface area contributed by atoms with Gasteiger partial charge in [0.1, 0.15) is 0 Å². The number of methoxy groups -OCH3 is 3. The van der Waals surface area contributed by atoms with Gasteiger partial charge in [-0.15, -0.1) is 12.4 Å². The molecule has 1 aromatic carbocycles. The van der Waals surface area contributed by atoms with E-state index in [4.69, 9.17) is 14.2 Å². The minimum absolute atomic E-state index is 0. The van der Waals surface area contributed by atoms with Crippen molar-refractivity contribution in [2.45, 2.75) is 25.8 Å². The van der Waals surface area contributed by atoms with E-state index in [0.29, 0.717) is 17.2 Å². The van der Waals surface area contributed by atoms with Crippen LogP contribution in [-0.4, -0.2) is 40.3 Å². The van der Waals surface area contributed by atoms with E-state index in [1.165, 1.54) is 0 Å². The van der Waals surface area contributed by atoms with Gasteiger partial charge in [0.15, 0.2) is 11.5 Å². The van der Waals surface area contributed by atoms with Crippen LogP contribution in [0.5, 0.6) is 17.2 Å². The van der Waals surface area contributed by atoms with E-state index in [9.17, 15) is 4.79 Å². The van der Waals surface area contributed by atoms with E-state index in [-0.39, 0.29) is 30.3 Å². The first-order valence-electron chi connectivity index (χ1n) is 7.91. The molecule has 1 unspecified atom stereocenters. The molecule has 0 radical (unpaired) electrons. The van der Waals surface area contributed by atoms with Crippen LogP contribution in [0.15, 0.2) is 12.1 Å². The van der Waals surface area contributed by atoms with Crippen molar-refractivity contribution in [2.24, 2.45) is 5.92 Å². The number of carbonyl (C=O) groups is 1. The number of nitrogens with one attached hydrogen (secondary N) is 2. The second-order valence-corrected chi connectivity index (χ2v) is 5.71. The summed E-state index contributed by atoms with van der Waals surface area (Å²) >= 11 is 0. The van der Waals surface area contributed by atoms with E-state index in [1.807, 2.05) is 19.1 Å². The van der Waals surface area contributed by atoms with Crippen LogP contribution in [-0.2, 0) is 4.79 Å². The van der Waals surface area contributed by atoms with Gasteiger partial charge in [0, 0.05) is 5.92 Å². The molecule has 6 nitrogen and oxygen atoms in total. The van der Waals surface area contributed by atoms with Gasteiger partial charge in [-0.25, -0.2) is 0 Å². The van der Waals surface area contributed by atoms with Crippen molar-refractivity contribution in [2.75, 3.05) is 34.4 Å². The highest BCUT2D eigenvalue weighted by atomic mass is 35.5. The van der Waals surface area contributed by atoms with Gasteiger partial charge in [-0.05, 0) is 50.6 Å². The van der Waals surface area contributed by atoms with E-state index in [0.717, 1.165) is 31.5 Å². The third-order valence-electron chi connectivity index (χ3n) is 4.26. The Morgan fingerprint density at radius 3 is 2.12 bits per heavy atom. The Morgan fingerprint density at radius 2 is 1.67 bits per heavy atom. The Balaban J connectivity index is 0.00000288. The second kappa shape index (κ2) is 9.59. The first kappa shape index (κ1) is 20.4. The summed E-state index contributed by atoms with van der Waals surface area (Å²) in [5.74, 6) is 1.92. The first-order valence-corrected chi connectivity index (χ1v) is 7.91. The minimum atomic E-state index is -0.133. The van der Waals surface area contributed by atoms with Crippen molar-refractivity contribution in [1.29, 1.82) is 0 Å². The Morgan fingerprint density at radius 1 is 1.12 bits per heavy atom. The summed E-state index contributed by atoms with van der Waals surface area (Å²) in [6, 6.07) is 3.61. The fraction of sp³-hybridized carbons (Fsp3) is 0.588. The smallest absolute Gasteiger partial charge is 0.223 e. The van der Waals surface area contributed by atoms with Crippen LogP contribution in [0.2, 0.25) is 0 Å². The predicted octanol–water partition coefficient (Wildman–Crippen LogP) is 2.31. The number of hydrogen-bond donors (Lipinski definition) is 2. The number of carbonyl (C=O) groups excluding carboxylic acids is 1. The third kappa shape index (κ3) is 4.68. The average molecular weight is 359 g/mol. The van der Waals surface area contributed by atoms with Gasteiger partial charge in [0.2, 0.25) is 11.7 Å². The molecule has 1 aliphatic rings. The van der Waals surface area contributed by atoms with Gasteiger partial charge < -0.3 is 24.8 Å². The van der Waals surface area contributed by atoms with E-state index < -0.39 is 0 Å². The first-order chi connectivity index (χ1) is 11.1. The van der Waals surface area contributed by atoms with Crippen LogP contribution in [0, 0.1) is 5.92 Å². The number of hydrogen-bond acceptors (Lipinski definition) is 5. The van der Waals surface area contributed by atoms with Crippen molar-refractivity contribution < 1.29 is 19.0 Å². The van der Waals surface area contributed by atoms with Gasteiger partial charge in [0.05, 0.1) is 27.4 Å². The molecule has 0 aromatic heterocycles. The van der Waals surface area contributed by atoms with Gasteiger partial charge in [-0.2, -0.15) is 0 Å². The average Bonchev–Trinajstić information content (AvgIpc) is 2.60. The van der Waals surface area contributed by atoms with Crippen LogP contribution in [0.3, 0.4) is 0 Å². The lowest BCUT2D eigenvalue weighted by Gasteiger charge is -2.24. The number of halogens is 1. The maximum atomic E-state index is 12.4. The zero-order chi connectivity index (χ0) is 16.8. The van der Waals surface area contributed by atoms with Crippen molar-refractivity contribution >= 4 is 18.3 Å². The fourth-order valence-corrected chi connectivity index (χ4v) is 2.85. The maximum Gasteiger partial charge on any atom is 0.223 e. The molecule has 0 spiro atoms. The number of benzene rings is 1. The van der Waals surface area contributed by atoms with Gasteiger partial charge in [0.25, 0.3) is 0 Å². The Hall–Kier alpha value is -1.66. The van der Waals surface area contributed by atoms with E-state index in [1.54, 1.807) is 21.3 Å². The largest absolute Gasteiger partial charge is 0.493 e. The number of rotatable bonds is 6. The topological polar surface area (TPSA) is 68.8 Å². The molecule has 1 fully saturated rings. The second-order valence-electron chi connectivity index (χ2n) is 5.71. The minimum Gasteiger partial charge on any atom is -0.493 e. The molecule has 1 atom stereocenters.